The SMILES string of the molecule is COCCCN1CCOc2ccc(CO[C@H]3CN(S(=O)(=O)c4ccc(C)cc4)[C@H](CC(C)(C)OC(=O)N(C)C)C[C@@H]3c3ccc(OC)cc3)cc21. The number of amides is 1. The molecule has 0 N–H and O–H groups in total. The van der Waals surface area contributed by atoms with Gasteiger partial charge in [-0.3, -0.25) is 0 Å². The summed E-state index contributed by atoms with van der Waals surface area (Å²) in [6.07, 6.45) is 0.688. The second-order valence-corrected chi connectivity index (χ2v) is 16.1. The van der Waals surface area contributed by atoms with Gasteiger partial charge in [0, 0.05) is 59.3 Å². The first-order valence-electron chi connectivity index (χ1n) is 17.6. The van der Waals surface area contributed by atoms with Crippen LogP contribution in [0.2, 0.25) is 0 Å². The van der Waals surface area contributed by atoms with E-state index >= 15 is 0 Å². The second-order valence-electron chi connectivity index (χ2n) is 14.2. The monoisotopic (exact) mass is 723 g/mol. The predicted molar refractivity (Wildman–Crippen MR) is 197 cm³/mol. The lowest BCUT2D eigenvalue weighted by Gasteiger charge is -2.45. The first-order chi connectivity index (χ1) is 24.3. The summed E-state index contributed by atoms with van der Waals surface area (Å²) in [5, 5.41) is 0. The molecule has 3 aromatic rings. The number of sulfonamides is 1. The number of rotatable bonds is 14. The van der Waals surface area contributed by atoms with E-state index in [0.29, 0.717) is 26.1 Å². The van der Waals surface area contributed by atoms with Gasteiger partial charge in [0.05, 0.1) is 36.9 Å². The summed E-state index contributed by atoms with van der Waals surface area (Å²) in [6, 6.07) is 20.4. The average Bonchev–Trinajstić information content (AvgIpc) is 3.10. The Bertz CT molecular complexity index is 1710. The first-order valence-corrected chi connectivity index (χ1v) is 19.0. The number of aryl methyl sites for hydroxylation is 1. The fourth-order valence-corrected chi connectivity index (χ4v) is 8.54. The van der Waals surface area contributed by atoms with E-state index in [1.165, 1.54) is 4.90 Å². The largest absolute Gasteiger partial charge is 0.497 e. The zero-order valence-electron chi connectivity index (χ0n) is 31.0. The zero-order chi connectivity index (χ0) is 36.8. The highest BCUT2D eigenvalue weighted by Gasteiger charge is 2.45. The molecular formula is C39H53N3O8S. The minimum absolute atomic E-state index is 0.118. The first kappa shape index (κ1) is 38.4. The molecular weight excluding hydrogens is 671 g/mol. The summed E-state index contributed by atoms with van der Waals surface area (Å²) in [7, 11) is 2.64. The summed E-state index contributed by atoms with van der Waals surface area (Å²) in [4.78, 5) is 16.6. The molecule has 1 fully saturated rings. The highest BCUT2D eigenvalue weighted by molar-refractivity contribution is 7.89. The van der Waals surface area contributed by atoms with Crippen LogP contribution in [0.25, 0.3) is 0 Å². The van der Waals surface area contributed by atoms with Crippen molar-refractivity contribution >= 4 is 21.8 Å². The summed E-state index contributed by atoms with van der Waals surface area (Å²) < 4.78 is 59.9. The summed E-state index contributed by atoms with van der Waals surface area (Å²) in [5.41, 5.74) is 3.02. The van der Waals surface area contributed by atoms with Crippen molar-refractivity contribution in [3.63, 3.8) is 0 Å². The fourth-order valence-electron chi connectivity index (χ4n) is 6.89. The number of ether oxygens (including phenoxy) is 5. The normalized spacial score (nSPS) is 19.6. The maximum absolute atomic E-state index is 14.5. The van der Waals surface area contributed by atoms with Crippen LogP contribution in [0.1, 0.15) is 55.7 Å². The van der Waals surface area contributed by atoms with Crippen LogP contribution in [0.3, 0.4) is 0 Å². The number of anilines is 1. The molecule has 2 aliphatic heterocycles. The van der Waals surface area contributed by atoms with Crippen LogP contribution in [-0.4, -0.2) is 103 Å². The molecule has 3 aromatic carbocycles. The van der Waals surface area contributed by atoms with Gasteiger partial charge in [0.2, 0.25) is 10.0 Å². The van der Waals surface area contributed by atoms with E-state index in [0.717, 1.165) is 53.4 Å². The van der Waals surface area contributed by atoms with E-state index < -0.39 is 33.9 Å². The van der Waals surface area contributed by atoms with Crippen LogP contribution < -0.4 is 14.4 Å². The predicted octanol–water partition coefficient (Wildman–Crippen LogP) is 6.24. The van der Waals surface area contributed by atoms with Crippen molar-refractivity contribution in [3.8, 4) is 11.5 Å². The van der Waals surface area contributed by atoms with Crippen LogP contribution in [0.5, 0.6) is 11.5 Å². The summed E-state index contributed by atoms with van der Waals surface area (Å²) in [6.45, 7) is 8.93. The van der Waals surface area contributed by atoms with E-state index in [4.69, 9.17) is 23.7 Å². The second kappa shape index (κ2) is 16.7. The topological polar surface area (TPSA) is 107 Å². The minimum atomic E-state index is -3.96. The Labute approximate surface area is 303 Å². The molecule has 0 aliphatic carbocycles. The Kier molecular flexibility index (Phi) is 12.5. The summed E-state index contributed by atoms with van der Waals surface area (Å²) >= 11 is 0. The van der Waals surface area contributed by atoms with Gasteiger partial charge in [-0.2, -0.15) is 4.31 Å². The van der Waals surface area contributed by atoms with E-state index in [-0.39, 0.29) is 24.0 Å². The van der Waals surface area contributed by atoms with Gasteiger partial charge in [-0.05, 0) is 81.1 Å². The quantitative estimate of drug-likeness (QED) is 0.179. The number of benzene rings is 3. The van der Waals surface area contributed by atoms with Crippen LogP contribution in [0.4, 0.5) is 10.5 Å². The molecule has 2 heterocycles. The van der Waals surface area contributed by atoms with E-state index in [1.54, 1.807) is 56.9 Å². The number of carbonyl (C=O) groups is 1. The van der Waals surface area contributed by atoms with Crippen molar-refractivity contribution in [2.45, 2.75) is 75.2 Å². The number of hydrogen-bond donors (Lipinski definition) is 0. The Hall–Kier alpha value is -3.84. The molecule has 5 rings (SSSR count). The van der Waals surface area contributed by atoms with Gasteiger partial charge >= 0.3 is 6.09 Å². The molecule has 278 valence electrons. The van der Waals surface area contributed by atoms with Crippen molar-refractivity contribution in [3.05, 3.63) is 83.4 Å². The molecule has 12 heteroatoms. The maximum Gasteiger partial charge on any atom is 0.409 e. The van der Waals surface area contributed by atoms with E-state index in [9.17, 15) is 13.2 Å². The average molecular weight is 724 g/mol. The van der Waals surface area contributed by atoms with Crippen LogP contribution >= 0.6 is 0 Å². The van der Waals surface area contributed by atoms with Gasteiger partial charge in [0.15, 0.2) is 0 Å². The zero-order valence-corrected chi connectivity index (χ0v) is 31.8. The molecule has 0 aromatic heterocycles. The molecule has 0 spiro atoms. The van der Waals surface area contributed by atoms with Crippen molar-refractivity contribution < 1.29 is 36.9 Å². The lowest BCUT2D eigenvalue weighted by molar-refractivity contribution is -0.0404. The third kappa shape index (κ3) is 9.54. The maximum atomic E-state index is 14.5. The molecule has 51 heavy (non-hydrogen) atoms. The Morgan fingerprint density at radius 1 is 1.02 bits per heavy atom. The number of fused-ring (bicyclic) bond motifs is 1. The standard InChI is InChI=1S/C39H53N3O8S/c1-28-9-16-33(17-10-28)51(44,45)42-26-37(49-27-29-11-18-36-35(23-29)41(20-22-48-36)19-8-21-46-6)34(30-12-14-32(47-7)15-13-30)24-31(42)25-39(2,3)50-38(43)40(4)5/h9-18,23,31,34,37H,8,19-22,24-27H2,1-7H3/t31-,34+,37-/m0/s1. The molecule has 0 saturated carbocycles. The van der Waals surface area contributed by atoms with Gasteiger partial charge < -0.3 is 33.5 Å². The lowest BCUT2D eigenvalue weighted by atomic mass is 9.81. The van der Waals surface area contributed by atoms with Gasteiger partial charge in [-0.1, -0.05) is 35.9 Å². The van der Waals surface area contributed by atoms with E-state index in [2.05, 4.69) is 11.0 Å². The molecule has 1 amide bonds. The lowest BCUT2D eigenvalue weighted by Crippen LogP contribution is -2.54. The van der Waals surface area contributed by atoms with Crippen LogP contribution in [0, 0.1) is 6.92 Å². The van der Waals surface area contributed by atoms with Gasteiger partial charge in [0.1, 0.15) is 23.7 Å². The van der Waals surface area contributed by atoms with Gasteiger partial charge in [0.25, 0.3) is 0 Å². The molecule has 0 unspecified atom stereocenters. The molecule has 2 aliphatic rings. The van der Waals surface area contributed by atoms with Crippen molar-refractivity contribution in [2.75, 3.05) is 66.1 Å². The number of piperidine rings is 1. The van der Waals surface area contributed by atoms with E-state index in [1.807, 2.05) is 57.2 Å². The third-order valence-corrected chi connectivity index (χ3v) is 11.5. The summed E-state index contributed by atoms with van der Waals surface area (Å²) in [5.74, 6) is 1.42. The van der Waals surface area contributed by atoms with Crippen molar-refractivity contribution in [1.82, 2.24) is 9.21 Å². The minimum Gasteiger partial charge on any atom is -0.497 e. The van der Waals surface area contributed by atoms with Gasteiger partial charge in [-0.25, -0.2) is 13.2 Å². The molecule has 0 bridgehead atoms. The smallest absolute Gasteiger partial charge is 0.409 e. The van der Waals surface area contributed by atoms with Gasteiger partial charge in [-0.15, -0.1) is 0 Å². The number of methoxy groups -OCH3 is 2. The fraction of sp³-hybridized carbons (Fsp3) is 0.513. The van der Waals surface area contributed by atoms with Crippen LogP contribution in [0.15, 0.2) is 71.6 Å². The Balaban J connectivity index is 1.48. The third-order valence-electron chi connectivity index (χ3n) is 9.59. The molecule has 11 nitrogen and oxygen atoms in total. The number of nitrogens with zero attached hydrogens (tertiary/aromatic N) is 3. The van der Waals surface area contributed by atoms with Crippen LogP contribution in [-0.2, 0) is 30.8 Å². The van der Waals surface area contributed by atoms with Crippen molar-refractivity contribution in [2.24, 2.45) is 0 Å². The van der Waals surface area contributed by atoms with Crippen molar-refractivity contribution in [1.29, 1.82) is 0 Å². The highest BCUT2D eigenvalue weighted by Crippen LogP contribution is 2.41. The molecule has 3 atom stereocenters. The highest BCUT2D eigenvalue weighted by atomic mass is 32.2. The Morgan fingerprint density at radius 2 is 1.75 bits per heavy atom. The molecule has 0 radical (unpaired) electrons. The number of carbonyl (C=O) groups excluding carboxylic acids is 1. The molecule has 1 saturated heterocycles. The Morgan fingerprint density at radius 3 is 2.41 bits per heavy atom. The number of hydrogen-bond acceptors (Lipinski definition) is 9.